The molecule has 4 heteroatoms. The van der Waals surface area contributed by atoms with Crippen LogP contribution in [0.2, 0.25) is 19.6 Å². The summed E-state index contributed by atoms with van der Waals surface area (Å²) in [6.45, 7) is 7.16. The highest BCUT2D eigenvalue weighted by Gasteiger charge is 2.24. The van der Waals surface area contributed by atoms with Gasteiger partial charge in [-0.25, -0.2) is 0 Å². The van der Waals surface area contributed by atoms with Crippen molar-refractivity contribution in [2.45, 2.75) is 19.6 Å². The number of thiophene rings is 1. The molecule has 8 rings (SSSR count). The van der Waals surface area contributed by atoms with Gasteiger partial charge < -0.3 is 8.98 Å². The lowest BCUT2D eigenvalue weighted by Crippen LogP contribution is -2.37. The van der Waals surface area contributed by atoms with Crippen molar-refractivity contribution in [3.05, 3.63) is 97.1 Å². The summed E-state index contributed by atoms with van der Waals surface area (Å²) >= 11 is 1.89. The zero-order chi connectivity index (χ0) is 24.9. The van der Waals surface area contributed by atoms with Gasteiger partial charge in [-0.3, -0.25) is 0 Å². The summed E-state index contributed by atoms with van der Waals surface area (Å²) in [5, 5.41) is 9.04. The van der Waals surface area contributed by atoms with Crippen LogP contribution in [-0.2, 0) is 0 Å². The van der Waals surface area contributed by atoms with Crippen molar-refractivity contribution in [3.8, 4) is 5.69 Å². The van der Waals surface area contributed by atoms with Crippen molar-refractivity contribution >= 4 is 88.5 Å². The smallest absolute Gasteiger partial charge is 0.159 e. The van der Waals surface area contributed by atoms with E-state index < -0.39 is 8.07 Å². The summed E-state index contributed by atoms with van der Waals surface area (Å²) in [6.07, 6.45) is 0. The molecule has 0 aliphatic rings. The fraction of sp³-hybridized carbons (Fsp3) is 0.0909. The SMILES string of the molecule is C[Si](C)(C)c1cccc2c1oc1c(-n3c4ccccc4c4c5sc6ccccc6c5ccc43)cccc12. The third-order valence-corrected chi connectivity index (χ3v) is 10.9. The van der Waals surface area contributed by atoms with Gasteiger partial charge >= 0.3 is 0 Å². The predicted molar refractivity (Wildman–Crippen MR) is 164 cm³/mol. The number of fused-ring (bicyclic) bond motifs is 10. The molecule has 0 amide bonds. The molecule has 2 nitrogen and oxygen atoms in total. The zero-order valence-corrected chi connectivity index (χ0v) is 22.8. The van der Waals surface area contributed by atoms with Crippen LogP contribution in [0.3, 0.4) is 0 Å². The van der Waals surface area contributed by atoms with E-state index in [1.807, 2.05) is 11.3 Å². The fourth-order valence-corrected chi connectivity index (χ4v) is 8.79. The van der Waals surface area contributed by atoms with Gasteiger partial charge in [0.1, 0.15) is 5.58 Å². The number of rotatable bonds is 2. The summed E-state index contributed by atoms with van der Waals surface area (Å²) in [5.41, 5.74) is 5.54. The number of benzene rings is 5. The molecule has 0 bridgehead atoms. The lowest BCUT2D eigenvalue weighted by atomic mass is 10.1. The van der Waals surface area contributed by atoms with E-state index in [-0.39, 0.29) is 0 Å². The van der Waals surface area contributed by atoms with E-state index in [0.29, 0.717) is 0 Å². The summed E-state index contributed by atoms with van der Waals surface area (Å²) in [5.74, 6) is 0. The highest BCUT2D eigenvalue weighted by molar-refractivity contribution is 7.26. The van der Waals surface area contributed by atoms with Crippen molar-refractivity contribution in [2.75, 3.05) is 0 Å². The van der Waals surface area contributed by atoms with Crippen LogP contribution in [0.25, 0.3) is 69.6 Å². The Kier molecular flexibility index (Phi) is 4.22. The van der Waals surface area contributed by atoms with Crippen LogP contribution in [-0.4, -0.2) is 12.6 Å². The lowest BCUT2D eigenvalue weighted by molar-refractivity contribution is 0.668. The lowest BCUT2D eigenvalue weighted by Gasteiger charge is -2.16. The fourth-order valence-electron chi connectivity index (χ4n) is 6.07. The van der Waals surface area contributed by atoms with Crippen molar-refractivity contribution in [3.63, 3.8) is 0 Å². The van der Waals surface area contributed by atoms with Crippen LogP contribution in [0, 0.1) is 0 Å². The first-order valence-corrected chi connectivity index (χ1v) is 17.1. The Morgan fingerprint density at radius 2 is 1.30 bits per heavy atom. The van der Waals surface area contributed by atoms with Gasteiger partial charge in [-0.15, -0.1) is 11.3 Å². The maximum Gasteiger partial charge on any atom is 0.159 e. The Bertz CT molecular complexity index is 2190. The average molecular weight is 512 g/mol. The van der Waals surface area contributed by atoms with Crippen LogP contribution in [0.15, 0.2) is 101 Å². The van der Waals surface area contributed by atoms with Crippen molar-refractivity contribution in [2.24, 2.45) is 0 Å². The topological polar surface area (TPSA) is 18.1 Å². The van der Waals surface area contributed by atoms with Crippen LogP contribution in [0.4, 0.5) is 0 Å². The van der Waals surface area contributed by atoms with E-state index in [0.717, 1.165) is 16.9 Å². The average Bonchev–Trinajstić information content (AvgIpc) is 3.57. The van der Waals surface area contributed by atoms with E-state index >= 15 is 0 Å². The molecule has 0 N–H and O–H groups in total. The molecule has 0 fully saturated rings. The van der Waals surface area contributed by atoms with Crippen LogP contribution >= 0.6 is 11.3 Å². The van der Waals surface area contributed by atoms with Crippen LogP contribution in [0.1, 0.15) is 0 Å². The van der Waals surface area contributed by atoms with Crippen molar-refractivity contribution in [1.29, 1.82) is 0 Å². The molecule has 178 valence electrons. The number of furan rings is 1. The van der Waals surface area contributed by atoms with Gasteiger partial charge in [-0.2, -0.15) is 0 Å². The molecule has 5 aromatic carbocycles. The second kappa shape index (κ2) is 7.34. The second-order valence-corrected chi connectivity index (χ2v) is 17.1. The Hall–Kier alpha value is -3.86. The molecular weight excluding hydrogens is 487 g/mol. The summed E-state index contributed by atoms with van der Waals surface area (Å²) in [6, 6.07) is 35.4. The van der Waals surface area contributed by atoms with E-state index in [1.54, 1.807) is 0 Å². The van der Waals surface area contributed by atoms with Gasteiger partial charge in [0.15, 0.2) is 5.58 Å². The molecule has 0 atom stereocenters. The van der Waals surface area contributed by atoms with Gasteiger partial charge in [0.2, 0.25) is 0 Å². The number of nitrogens with zero attached hydrogens (tertiary/aromatic N) is 1. The van der Waals surface area contributed by atoms with E-state index in [1.165, 1.54) is 57.9 Å². The Morgan fingerprint density at radius 1 is 0.595 bits per heavy atom. The van der Waals surface area contributed by atoms with Crippen molar-refractivity contribution in [1.82, 2.24) is 4.57 Å². The molecule has 0 saturated carbocycles. The number of para-hydroxylation sites is 3. The van der Waals surface area contributed by atoms with Gasteiger partial charge in [0.25, 0.3) is 0 Å². The molecule has 0 spiro atoms. The third-order valence-electron chi connectivity index (χ3n) is 7.73. The number of aromatic nitrogens is 1. The first-order valence-electron chi connectivity index (χ1n) is 12.8. The normalized spacial score (nSPS) is 12.7. The second-order valence-electron chi connectivity index (χ2n) is 11.0. The highest BCUT2D eigenvalue weighted by Crippen LogP contribution is 2.44. The Morgan fingerprint density at radius 3 is 2.14 bits per heavy atom. The molecule has 37 heavy (non-hydrogen) atoms. The summed E-state index contributed by atoms with van der Waals surface area (Å²) < 4.78 is 11.9. The van der Waals surface area contributed by atoms with Gasteiger partial charge in [-0.1, -0.05) is 92.4 Å². The van der Waals surface area contributed by atoms with Gasteiger partial charge in [-0.05, 0) is 29.5 Å². The molecule has 8 aromatic rings. The molecular formula is C33H25NOSSi. The van der Waals surface area contributed by atoms with Crippen LogP contribution < -0.4 is 5.19 Å². The molecule has 0 aliphatic carbocycles. The van der Waals surface area contributed by atoms with Crippen LogP contribution in [0.5, 0.6) is 0 Å². The number of hydrogen-bond donors (Lipinski definition) is 0. The summed E-state index contributed by atoms with van der Waals surface area (Å²) in [7, 11) is -1.58. The first-order chi connectivity index (χ1) is 18.0. The highest BCUT2D eigenvalue weighted by atomic mass is 32.1. The van der Waals surface area contributed by atoms with Gasteiger partial charge in [0.05, 0.1) is 24.8 Å². The minimum Gasteiger partial charge on any atom is -0.454 e. The minimum atomic E-state index is -1.58. The maximum atomic E-state index is 6.81. The molecule has 3 aromatic heterocycles. The number of hydrogen-bond acceptors (Lipinski definition) is 2. The summed E-state index contributed by atoms with van der Waals surface area (Å²) in [4.78, 5) is 0. The standard InChI is InChI=1S/C33H25NOSSi/c1-37(2,3)29-17-9-13-22-21-12-8-15-27(31(21)35-32(22)29)34-25-14-6-4-11-24(25)30-26(34)19-18-23-20-10-5-7-16-28(20)36-33(23)30/h4-19H,1-3H3. The Labute approximate surface area is 219 Å². The molecule has 3 heterocycles. The molecule has 0 unspecified atom stereocenters. The molecule has 0 saturated heterocycles. The quantitative estimate of drug-likeness (QED) is 0.211. The van der Waals surface area contributed by atoms with Gasteiger partial charge in [0, 0.05) is 41.7 Å². The van der Waals surface area contributed by atoms with E-state index in [4.69, 9.17) is 4.42 Å². The molecule has 0 aliphatic heterocycles. The minimum absolute atomic E-state index is 0.960. The maximum absolute atomic E-state index is 6.81. The Balaban J connectivity index is 1.54. The third kappa shape index (κ3) is 2.85. The predicted octanol–water partition coefficient (Wildman–Crippen LogP) is 9.60. The van der Waals surface area contributed by atoms with E-state index in [9.17, 15) is 0 Å². The monoisotopic (exact) mass is 511 g/mol. The zero-order valence-electron chi connectivity index (χ0n) is 21.0. The first kappa shape index (κ1) is 21.2. The molecule has 0 radical (unpaired) electrons. The van der Waals surface area contributed by atoms with E-state index in [2.05, 4.69) is 121 Å². The largest absolute Gasteiger partial charge is 0.454 e. The van der Waals surface area contributed by atoms with Crippen molar-refractivity contribution < 1.29 is 4.42 Å².